The second kappa shape index (κ2) is 8.99. The van der Waals surface area contributed by atoms with Gasteiger partial charge < -0.3 is 15.0 Å². The van der Waals surface area contributed by atoms with Gasteiger partial charge in [0.1, 0.15) is 5.60 Å². The van der Waals surface area contributed by atoms with Crippen LogP contribution in [-0.4, -0.2) is 40.7 Å². The van der Waals surface area contributed by atoms with Crippen LogP contribution in [0.15, 0.2) is 21.2 Å². The molecule has 1 heterocycles. The van der Waals surface area contributed by atoms with Gasteiger partial charge in [-0.2, -0.15) is 0 Å². The van der Waals surface area contributed by atoms with Crippen molar-refractivity contribution in [3.8, 4) is 0 Å². The van der Waals surface area contributed by atoms with Crippen LogP contribution in [0.5, 0.6) is 0 Å². The molecule has 1 aromatic heterocycles. The van der Waals surface area contributed by atoms with E-state index in [1.54, 1.807) is 11.1 Å². The van der Waals surface area contributed by atoms with Gasteiger partial charge in [-0.25, -0.2) is 4.79 Å². The number of hydrogen-bond acceptors (Lipinski definition) is 4. The predicted octanol–water partition coefficient (Wildman–Crippen LogP) is 4.34. The maximum absolute atomic E-state index is 12.2. The fraction of sp³-hybridized carbons (Fsp3) is 0.625. The van der Waals surface area contributed by atoms with Gasteiger partial charge in [-0.15, -0.1) is 0 Å². The number of ether oxygens (including phenoxy) is 1. The first-order chi connectivity index (χ1) is 10.6. The lowest BCUT2D eigenvalue weighted by atomic mass is 10.2. The summed E-state index contributed by atoms with van der Waals surface area (Å²) in [4.78, 5) is 18.3. The Morgan fingerprint density at radius 2 is 2.04 bits per heavy atom. The van der Waals surface area contributed by atoms with E-state index in [-0.39, 0.29) is 12.1 Å². The average molecular weight is 451 g/mol. The Balaban J connectivity index is 2.48. The minimum atomic E-state index is -0.482. The van der Waals surface area contributed by atoms with Crippen LogP contribution in [0, 0.1) is 0 Å². The lowest BCUT2D eigenvalue weighted by molar-refractivity contribution is 0.0193. The zero-order valence-electron chi connectivity index (χ0n) is 14.3. The molecule has 0 radical (unpaired) electrons. The number of amides is 1. The Morgan fingerprint density at radius 3 is 2.57 bits per heavy atom. The molecule has 0 saturated carbocycles. The highest BCUT2D eigenvalue weighted by Gasteiger charge is 2.23. The number of nitrogens with one attached hydrogen (secondary N) is 1. The van der Waals surface area contributed by atoms with Crippen molar-refractivity contribution in [3.63, 3.8) is 0 Å². The van der Waals surface area contributed by atoms with E-state index in [0.29, 0.717) is 19.6 Å². The van der Waals surface area contributed by atoms with Gasteiger partial charge in [0.2, 0.25) is 0 Å². The summed E-state index contributed by atoms with van der Waals surface area (Å²) >= 11 is 6.87. The van der Waals surface area contributed by atoms with Crippen LogP contribution in [0.4, 0.5) is 4.79 Å². The summed E-state index contributed by atoms with van der Waals surface area (Å²) in [5.74, 6) is 0. The van der Waals surface area contributed by atoms with E-state index in [0.717, 1.165) is 14.6 Å². The molecule has 1 rings (SSSR count). The number of aromatic nitrogens is 1. The summed E-state index contributed by atoms with van der Waals surface area (Å²) in [5, 5.41) is 3.31. The first-order valence-corrected chi connectivity index (χ1v) is 9.19. The summed E-state index contributed by atoms with van der Waals surface area (Å²) in [7, 11) is 0. The normalized spacial score (nSPS) is 11.7. The third-order valence-electron chi connectivity index (χ3n) is 2.96. The number of nitrogens with zero attached hydrogens (tertiary/aromatic N) is 2. The van der Waals surface area contributed by atoms with Crippen molar-refractivity contribution >= 4 is 38.0 Å². The molecular formula is C16H25Br2N3O2. The molecule has 1 amide bonds. The number of carbonyl (C=O) groups excluding carboxylic acids is 1. The Kier molecular flexibility index (Phi) is 7.97. The van der Waals surface area contributed by atoms with Crippen LogP contribution in [0.2, 0.25) is 0 Å². The van der Waals surface area contributed by atoms with E-state index in [1.165, 1.54) is 0 Å². The molecular weight excluding hydrogens is 426 g/mol. The molecule has 130 valence electrons. The van der Waals surface area contributed by atoms with Crippen molar-refractivity contribution in [3.05, 3.63) is 26.9 Å². The second-order valence-electron chi connectivity index (χ2n) is 6.53. The molecule has 5 nitrogen and oxygen atoms in total. The van der Waals surface area contributed by atoms with E-state index >= 15 is 0 Å². The summed E-state index contributed by atoms with van der Waals surface area (Å²) < 4.78 is 7.33. The molecule has 0 unspecified atom stereocenters. The molecule has 1 N–H and O–H groups in total. The standard InChI is InChI=1S/C16H25Br2N3O2/c1-11(2)21(15(22)23-16(3,4)5)7-6-19-10-14-13(18)8-12(17)9-20-14/h8-9,11,19H,6-7,10H2,1-5H3. The lowest BCUT2D eigenvalue weighted by Crippen LogP contribution is -2.44. The van der Waals surface area contributed by atoms with Gasteiger partial charge in [0.15, 0.2) is 0 Å². The van der Waals surface area contributed by atoms with Crippen LogP contribution in [-0.2, 0) is 11.3 Å². The second-order valence-corrected chi connectivity index (χ2v) is 8.30. The van der Waals surface area contributed by atoms with Crippen LogP contribution in [0.1, 0.15) is 40.3 Å². The highest BCUT2D eigenvalue weighted by atomic mass is 79.9. The average Bonchev–Trinajstić information content (AvgIpc) is 2.38. The van der Waals surface area contributed by atoms with Gasteiger partial charge in [0.05, 0.1) is 5.69 Å². The fourth-order valence-electron chi connectivity index (χ4n) is 1.86. The Labute approximate surface area is 155 Å². The van der Waals surface area contributed by atoms with Gasteiger partial charge in [0.25, 0.3) is 0 Å². The van der Waals surface area contributed by atoms with Crippen molar-refractivity contribution in [1.29, 1.82) is 0 Å². The van der Waals surface area contributed by atoms with Crippen LogP contribution >= 0.6 is 31.9 Å². The third kappa shape index (κ3) is 7.63. The van der Waals surface area contributed by atoms with Crippen molar-refractivity contribution < 1.29 is 9.53 Å². The van der Waals surface area contributed by atoms with Crippen molar-refractivity contribution in [2.75, 3.05) is 13.1 Å². The molecule has 0 bridgehead atoms. The van der Waals surface area contributed by atoms with Crippen molar-refractivity contribution in [2.24, 2.45) is 0 Å². The van der Waals surface area contributed by atoms with Crippen molar-refractivity contribution in [2.45, 2.75) is 52.8 Å². The van der Waals surface area contributed by atoms with E-state index in [9.17, 15) is 4.79 Å². The highest BCUT2D eigenvalue weighted by molar-refractivity contribution is 9.11. The molecule has 0 fully saturated rings. The van der Waals surface area contributed by atoms with Gasteiger partial charge in [-0.3, -0.25) is 4.98 Å². The minimum absolute atomic E-state index is 0.0872. The van der Waals surface area contributed by atoms with E-state index < -0.39 is 5.60 Å². The quantitative estimate of drug-likeness (QED) is 0.655. The summed E-state index contributed by atoms with van der Waals surface area (Å²) in [6.45, 7) is 11.5. The molecule has 7 heteroatoms. The van der Waals surface area contributed by atoms with E-state index in [1.807, 2.05) is 40.7 Å². The molecule has 0 saturated heterocycles. The van der Waals surface area contributed by atoms with Gasteiger partial charge in [-0.05, 0) is 72.5 Å². The van der Waals surface area contributed by atoms with Crippen LogP contribution < -0.4 is 5.32 Å². The minimum Gasteiger partial charge on any atom is -0.444 e. The van der Waals surface area contributed by atoms with E-state index in [2.05, 4.69) is 42.2 Å². The van der Waals surface area contributed by atoms with Gasteiger partial charge >= 0.3 is 6.09 Å². The summed E-state index contributed by atoms with van der Waals surface area (Å²) in [6, 6.07) is 2.05. The monoisotopic (exact) mass is 449 g/mol. The molecule has 0 spiro atoms. The number of carbonyl (C=O) groups is 1. The largest absolute Gasteiger partial charge is 0.444 e. The molecule has 0 aromatic carbocycles. The van der Waals surface area contributed by atoms with Crippen molar-refractivity contribution in [1.82, 2.24) is 15.2 Å². The molecule has 0 atom stereocenters. The number of hydrogen-bond donors (Lipinski definition) is 1. The topological polar surface area (TPSA) is 54.5 Å². The number of rotatable bonds is 6. The number of pyridine rings is 1. The first-order valence-electron chi connectivity index (χ1n) is 7.60. The molecule has 0 aliphatic carbocycles. The van der Waals surface area contributed by atoms with Gasteiger partial charge in [0, 0.05) is 40.8 Å². The molecule has 1 aromatic rings. The first kappa shape index (κ1) is 20.4. The van der Waals surface area contributed by atoms with Gasteiger partial charge in [-0.1, -0.05) is 0 Å². The predicted molar refractivity (Wildman–Crippen MR) is 99.4 cm³/mol. The maximum Gasteiger partial charge on any atom is 0.410 e. The fourth-order valence-corrected chi connectivity index (χ4v) is 2.99. The SMILES string of the molecule is CC(C)N(CCNCc1ncc(Br)cc1Br)C(=O)OC(C)(C)C. The molecule has 23 heavy (non-hydrogen) atoms. The lowest BCUT2D eigenvalue weighted by Gasteiger charge is -2.30. The molecule has 0 aliphatic heterocycles. The highest BCUT2D eigenvalue weighted by Crippen LogP contribution is 2.19. The van der Waals surface area contributed by atoms with E-state index in [4.69, 9.17) is 4.74 Å². The maximum atomic E-state index is 12.2. The summed E-state index contributed by atoms with van der Waals surface area (Å²) in [5.41, 5.74) is 0.450. The molecule has 0 aliphatic rings. The summed E-state index contributed by atoms with van der Waals surface area (Å²) in [6.07, 6.45) is 1.49. The third-order valence-corrected chi connectivity index (χ3v) is 4.08. The van der Waals surface area contributed by atoms with Crippen LogP contribution in [0.3, 0.4) is 0 Å². The Hall–Kier alpha value is -0.660. The zero-order chi connectivity index (χ0) is 17.6. The zero-order valence-corrected chi connectivity index (χ0v) is 17.5. The smallest absolute Gasteiger partial charge is 0.410 e. The Morgan fingerprint density at radius 1 is 1.39 bits per heavy atom. The van der Waals surface area contributed by atoms with Crippen LogP contribution in [0.25, 0.3) is 0 Å². The number of halogens is 2. The Bertz CT molecular complexity index is 531.